The van der Waals surface area contributed by atoms with E-state index in [0.29, 0.717) is 28.4 Å². The average Bonchev–Trinajstić information content (AvgIpc) is 2.60. The molecule has 0 saturated heterocycles. The van der Waals surface area contributed by atoms with E-state index in [0.717, 1.165) is 0 Å². The highest BCUT2D eigenvalue weighted by atomic mass is 16.5. The number of methoxy groups -OCH3 is 3. The van der Waals surface area contributed by atoms with Gasteiger partial charge in [0.05, 0.1) is 27.4 Å². The molecule has 0 heterocycles. The van der Waals surface area contributed by atoms with Gasteiger partial charge in [0, 0.05) is 12.0 Å². The molecule has 0 aliphatic rings. The maximum absolute atomic E-state index is 12.5. The van der Waals surface area contributed by atoms with Gasteiger partial charge in [0.25, 0.3) is 0 Å². The molecule has 2 aromatic carbocycles. The molecule has 5 heteroatoms. The summed E-state index contributed by atoms with van der Waals surface area (Å²) in [4.78, 5) is 12.5. The highest BCUT2D eigenvalue weighted by molar-refractivity contribution is 5.97. The monoisotopic (exact) mass is 316 g/mol. The molecule has 0 aromatic heterocycles. The Morgan fingerprint density at radius 2 is 1.57 bits per heavy atom. The maximum Gasteiger partial charge on any atom is 0.203 e. The van der Waals surface area contributed by atoms with E-state index in [2.05, 4.69) is 0 Å². The van der Waals surface area contributed by atoms with E-state index in [1.54, 1.807) is 24.3 Å². The minimum atomic E-state index is -0.859. The first-order valence-electron chi connectivity index (χ1n) is 7.17. The minimum absolute atomic E-state index is 0.0251. The van der Waals surface area contributed by atoms with Crippen molar-refractivity contribution in [1.82, 2.24) is 0 Å². The second kappa shape index (κ2) is 7.65. The van der Waals surface area contributed by atoms with Gasteiger partial charge in [0.15, 0.2) is 17.3 Å². The second-order valence-electron chi connectivity index (χ2n) is 4.97. The predicted molar refractivity (Wildman–Crippen MR) is 86.4 cm³/mol. The van der Waals surface area contributed by atoms with E-state index in [4.69, 9.17) is 14.2 Å². The SMILES string of the molecule is COc1cc(C(=O)CC(O)c2ccccc2)cc(OC)c1OC. The van der Waals surface area contributed by atoms with Crippen LogP contribution >= 0.6 is 0 Å². The zero-order chi connectivity index (χ0) is 16.8. The summed E-state index contributed by atoms with van der Waals surface area (Å²) >= 11 is 0. The first-order valence-corrected chi connectivity index (χ1v) is 7.17. The van der Waals surface area contributed by atoms with Crippen LogP contribution in [0.2, 0.25) is 0 Å². The van der Waals surface area contributed by atoms with Gasteiger partial charge in [0.2, 0.25) is 5.75 Å². The van der Waals surface area contributed by atoms with Crippen LogP contribution in [0.25, 0.3) is 0 Å². The van der Waals surface area contributed by atoms with Crippen LogP contribution in [0.15, 0.2) is 42.5 Å². The van der Waals surface area contributed by atoms with Crippen LogP contribution in [0, 0.1) is 0 Å². The molecule has 0 amide bonds. The van der Waals surface area contributed by atoms with E-state index < -0.39 is 6.10 Å². The van der Waals surface area contributed by atoms with Gasteiger partial charge in [-0.15, -0.1) is 0 Å². The van der Waals surface area contributed by atoms with E-state index >= 15 is 0 Å². The van der Waals surface area contributed by atoms with E-state index in [1.807, 2.05) is 18.2 Å². The molecule has 5 nitrogen and oxygen atoms in total. The summed E-state index contributed by atoms with van der Waals surface area (Å²) in [6.07, 6.45) is -0.884. The third-order valence-electron chi connectivity index (χ3n) is 3.55. The fourth-order valence-electron chi connectivity index (χ4n) is 2.33. The number of Topliss-reactive ketones (excluding diaryl/α,β-unsaturated/α-hetero) is 1. The molecule has 0 spiro atoms. The summed E-state index contributed by atoms with van der Waals surface area (Å²) < 4.78 is 15.7. The second-order valence-corrected chi connectivity index (χ2v) is 4.97. The van der Waals surface area contributed by atoms with Crippen molar-refractivity contribution in [3.63, 3.8) is 0 Å². The number of carbonyl (C=O) groups is 1. The lowest BCUT2D eigenvalue weighted by Gasteiger charge is -2.15. The molecule has 122 valence electrons. The van der Waals surface area contributed by atoms with Crippen molar-refractivity contribution in [1.29, 1.82) is 0 Å². The molecule has 0 bridgehead atoms. The van der Waals surface area contributed by atoms with Crippen LogP contribution in [-0.2, 0) is 0 Å². The number of benzene rings is 2. The van der Waals surface area contributed by atoms with Gasteiger partial charge in [-0.05, 0) is 17.7 Å². The first-order chi connectivity index (χ1) is 11.1. The Kier molecular flexibility index (Phi) is 5.60. The quantitative estimate of drug-likeness (QED) is 0.795. The molecule has 0 radical (unpaired) electrons. The number of ether oxygens (including phenoxy) is 3. The topological polar surface area (TPSA) is 65.0 Å². The number of ketones is 1. The van der Waals surface area contributed by atoms with Crippen molar-refractivity contribution in [3.05, 3.63) is 53.6 Å². The normalized spacial score (nSPS) is 11.7. The molecule has 0 aliphatic carbocycles. The summed E-state index contributed by atoms with van der Waals surface area (Å²) in [5, 5.41) is 10.2. The number of carbonyl (C=O) groups excluding carboxylic acids is 1. The zero-order valence-electron chi connectivity index (χ0n) is 13.4. The highest BCUT2D eigenvalue weighted by Crippen LogP contribution is 2.38. The van der Waals surface area contributed by atoms with Crippen molar-refractivity contribution >= 4 is 5.78 Å². The minimum Gasteiger partial charge on any atom is -0.493 e. The molecule has 23 heavy (non-hydrogen) atoms. The number of aliphatic hydroxyl groups is 1. The van der Waals surface area contributed by atoms with Crippen LogP contribution in [0.5, 0.6) is 17.2 Å². The summed E-state index contributed by atoms with van der Waals surface area (Å²) in [6.45, 7) is 0. The molecule has 1 unspecified atom stereocenters. The molecule has 1 N–H and O–H groups in total. The summed E-state index contributed by atoms with van der Waals surface area (Å²) in [5.74, 6) is 1.03. The van der Waals surface area contributed by atoms with E-state index in [1.165, 1.54) is 21.3 Å². The third kappa shape index (κ3) is 3.81. The Labute approximate surface area is 135 Å². The van der Waals surface area contributed by atoms with Crippen molar-refractivity contribution in [2.45, 2.75) is 12.5 Å². The zero-order valence-corrected chi connectivity index (χ0v) is 13.4. The molecular weight excluding hydrogens is 296 g/mol. The Hall–Kier alpha value is -2.53. The van der Waals surface area contributed by atoms with Gasteiger partial charge in [-0.2, -0.15) is 0 Å². The standard InChI is InChI=1S/C18H20O5/c1-21-16-9-13(10-17(22-2)18(16)23-3)15(20)11-14(19)12-7-5-4-6-8-12/h4-10,14,19H,11H2,1-3H3. The van der Waals surface area contributed by atoms with Gasteiger partial charge in [-0.3, -0.25) is 4.79 Å². The Bertz CT molecular complexity index is 641. The van der Waals surface area contributed by atoms with Crippen LogP contribution in [-0.4, -0.2) is 32.2 Å². The molecule has 1 atom stereocenters. The van der Waals surface area contributed by atoms with Gasteiger partial charge >= 0.3 is 0 Å². The lowest BCUT2D eigenvalue weighted by Crippen LogP contribution is -2.08. The smallest absolute Gasteiger partial charge is 0.203 e. The van der Waals surface area contributed by atoms with Gasteiger partial charge in [-0.25, -0.2) is 0 Å². The Morgan fingerprint density at radius 3 is 2.04 bits per heavy atom. The van der Waals surface area contributed by atoms with Gasteiger partial charge < -0.3 is 19.3 Å². The van der Waals surface area contributed by atoms with E-state index in [9.17, 15) is 9.90 Å². The van der Waals surface area contributed by atoms with Gasteiger partial charge in [0.1, 0.15) is 0 Å². The molecule has 2 aromatic rings. The molecule has 2 rings (SSSR count). The van der Waals surface area contributed by atoms with Crippen molar-refractivity contribution in [2.75, 3.05) is 21.3 Å². The summed E-state index contributed by atoms with van der Waals surface area (Å²) in [5.41, 5.74) is 1.10. The number of rotatable bonds is 7. The van der Waals surface area contributed by atoms with Crippen LogP contribution in [0.3, 0.4) is 0 Å². The van der Waals surface area contributed by atoms with Crippen molar-refractivity contribution < 1.29 is 24.1 Å². The fourth-order valence-corrected chi connectivity index (χ4v) is 2.33. The maximum atomic E-state index is 12.5. The molecule has 0 aliphatic heterocycles. The number of hydrogen-bond acceptors (Lipinski definition) is 5. The Morgan fingerprint density at radius 1 is 1.00 bits per heavy atom. The van der Waals surface area contributed by atoms with Crippen LogP contribution in [0.4, 0.5) is 0 Å². The molecular formula is C18H20O5. The lowest BCUT2D eigenvalue weighted by atomic mass is 9.99. The van der Waals surface area contributed by atoms with Gasteiger partial charge in [-0.1, -0.05) is 30.3 Å². The van der Waals surface area contributed by atoms with Crippen molar-refractivity contribution in [3.8, 4) is 17.2 Å². The average molecular weight is 316 g/mol. The fraction of sp³-hybridized carbons (Fsp3) is 0.278. The Balaban J connectivity index is 2.25. The highest BCUT2D eigenvalue weighted by Gasteiger charge is 2.19. The lowest BCUT2D eigenvalue weighted by molar-refractivity contribution is 0.0879. The number of hydrogen-bond donors (Lipinski definition) is 1. The largest absolute Gasteiger partial charge is 0.493 e. The molecule has 0 fully saturated rings. The first kappa shape index (κ1) is 16.8. The summed E-state index contributed by atoms with van der Waals surface area (Å²) in [7, 11) is 4.48. The van der Waals surface area contributed by atoms with E-state index in [-0.39, 0.29) is 12.2 Å². The van der Waals surface area contributed by atoms with Crippen molar-refractivity contribution in [2.24, 2.45) is 0 Å². The summed E-state index contributed by atoms with van der Waals surface area (Å²) in [6, 6.07) is 12.2. The number of aliphatic hydroxyl groups excluding tert-OH is 1. The van der Waals surface area contributed by atoms with Crippen LogP contribution in [0.1, 0.15) is 28.4 Å². The van der Waals surface area contributed by atoms with Crippen LogP contribution < -0.4 is 14.2 Å². The third-order valence-corrected chi connectivity index (χ3v) is 3.55. The molecule has 0 saturated carbocycles. The predicted octanol–water partition coefficient (Wildman–Crippen LogP) is 3.02.